The first kappa shape index (κ1) is 22.4. The van der Waals surface area contributed by atoms with Gasteiger partial charge >= 0.3 is 0 Å². The fourth-order valence-corrected chi connectivity index (χ4v) is 3.03. The highest BCUT2D eigenvalue weighted by Crippen LogP contribution is 2.15. The highest BCUT2D eigenvalue weighted by molar-refractivity contribution is 5.97. The van der Waals surface area contributed by atoms with Crippen molar-refractivity contribution in [3.05, 3.63) is 36.4 Å². The summed E-state index contributed by atoms with van der Waals surface area (Å²) in [7, 11) is 0. The van der Waals surface area contributed by atoms with Gasteiger partial charge in [0.05, 0.1) is 6.54 Å². The number of nitrogens with one attached hydrogen (secondary N) is 3. The van der Waals surface area contributed by atoms with Crippen molar-refractivity contribution in [1.82, 2.24) is 10.2 Å². The molecular weight excluding hydrogens is 375 g/mol. The van der Waals surface area contributed by atoms with Crippen molar-refractivity contribution in [2.45, 2.75) is 25.3 Å². The average molecular weight is 401 g/mol. The van der Waals surface area contributed by atoms with Crippen LogP contribution in [0.2, 0.25) is 0 Å². The van der Waals surface area contributed by atoms with Crippen LogP contribution in [0.25, 0.3) is 0 Å². The summed E-state index contributed by atoms with van der Waals surface area (Å²) in [5.74, 6) is -0.0698. The molecule has 2 aliphatic heterocycles. The summed E-state index contributed by atoms with van der Waals surface area (Å²) in [4.78, 5) is 26.3. The van der Waals surface area contributed by atoms with Crippen molar-refractivity contribution in [3.8, 4) is 0 Å². The van der Waals surface area contributed by atoms with Gasteiger partial charge in [-0.2, -0.15) is 0 Å². The number of amides is 2. The Labute approximate surface area is 166 Å². The Balaban J connectivity index is 0.00000169. The second-order valence-electron chi connectivity index (χ2n) is 6.27. The Morgan fingerprint density at radius 1 is 1.00 bits per heavy atom. The number of anilines is 2. The minimum Gasteiger partial charge on any atom is -0.325 e. The van der Waals surface area contributed by atoms with Crippen molar-refractivity contribution in [2.24, 2.45) is 0 Å². The summed E-state index contributed by atoms with van der Waals surface area (Å²) < 4.78 is 0. The van der Waals surface area contributed by atoms with Crippen LogP contribution in [0.4, 0.5) is 11.4 Å². The van der Waals surface area contributed by atoms with Crippen LogP contribution in [-0.2, 0) is 9.59 Å². The molecule has 26 heavy (non-hydrogen) atoms. The van der Waals surface area contributed by atoms with E-state index in [4.69, 9.17) is 0 Å². The number of carbonyl (C=O) groups is 2. The SMILES string of the molecule is Cl.Cl.O=C(CN1CCCCC1)Nc1ccc(NC(=O)C2C=CCN2)cc1. The standard InChI is InChI=1S/C18H24N4O2.2ClH/c23-17(13-22-11-2-1-3-12-22)20-14-6-8-15(9-7-14)21-18(24)16-5-4-10-19-16;;/h4-9,16,19H,1-3,10-13H2,(H,20,23)(H,21,24);2*1H. The Morgan fingerprint density at radius 2 is 1.62 bits per heavy atom. The van der Waals surface area contributed by atoms with Gasteiger partial charge in [0.2, 0.25) is 11.8 Å². The van der Waals surface area contributed by atoms with Gasteiger partial charge in [0.25, 0.3) is 0 Å². The van der Waals surface area contributed by atoms with Crippen molar-refractivity contribution < 1.29 is 9.59 Å². The highest BCUT2D eigenvalue weighted by atomic mass is 35.5. The molecule has 1 saturated heterocycles. The minimum atomic E-state index is -0.270. The van der Waals surface area contributed by atoms with Gasteiger partial charge in [-0.15, -0.1) is 24.8 Å². The molecule has 1 fully saturated rings. The van der Waals surface area contributed by atoms with E-state index < -0.39 is 0 Å². The van der Waals surface area contributed by atoms with Gasteiger partial charge in [-0.25, -0.2) is 0 Å². The third-order valence-electron chi connectivity index (χ3n) is 4.32. The van der Waals surface area contributed by atoms with Crippen molar-refractivity contribution >= 4 is 48.0 Å². The van der Waals surface area contributed by atoms with Crippen LogP contribution in [0.1, 0.15) is 19.3 Å². The van der Waals surface area contributed by atoms with Crippen LogP contribution in [0, 0.1) is 0 Å². The molecule has 0 radical (unpaired) electrons. The van der Waals surface area contributed by atoms with Gasteiger partial charge in [-0.3, -0.25) is 19.8 Å². The number of likely N-dealkylation sites (tertiary alicyclic amines) is 1. The minimum absolute atomic E-state index is 0. The Hall–Kier alpha value is -1.60. The van der Waals surface area contributed by atoms with Gasteiger partial charge in [-0.05, 0) is 50.2 Å². The molecule has 3 rings (SSSR count). The molecule has 0 aliphatic carbocycles. The number of hydrogen-bond acceptors (Lipinski definition) is 4. The van der Waals surface area contributed by atoms with Crippen LogP contribution in [0.5, 0.6) is 0 Å². The lowest BCUT2D eigenvalue weighted by Gasteiger charge is -2.25. The fraction of sp³-hybridized carbons (Fsp3) is 0.444. The first-order valence-electron chi connectivity index (χ1n) is 8.54. The average Bonchev–Trinajstić information content (AvgIpc) is 3.12. The first-order valence-corrected chi connectivity index (χ1v) is 8.54. The maximum Gasteiger partial charge on any atom is 0.245 e. The summed E-state index contributed by atoms with van der Waals surface area (Å²) in [5.41, 5.74) is 1.46. The molecule has 6 nitrogen and oxygen atoms in total. The van der Waals surface area contributed by atoms with E-state index in [1.807, 2.05) is 24.3 Å². The van der Waals surface area contributed by atoms with Crippen LogP contribution < -0.4 is 16.0 Å². The molecule has 0 aromatic heterocycles. The van der Waals surface area contributed by atoms with E-state index in [0.29, 0.717) is 6.54 Å². The van der Waals surface area contributed by atoms with E-state index in [1.165, 1.54) is 19.3 Å². The molecule has 144 valence electrons. The number of carbonyl (C=O) groups excluding carboxylic acids is 2. The van der Waals surface area contributed by atoms with E-state index in [-0.39, 0.29) is 42.7 Å². The molecule has 1 atom stereocenters. The van der Waals surface area contributed by atoms with E-state index in [0.717, 1.165) is 31.0 Å². The lowest BCUT2D eigenvalue weighted by atomic mass is 10.1. The van der Waals surface area contributed by atoms with Gasteiger partial charge in [0.15, 0.2) is 0 Å². The maximum absolute atomic E-state index is 12.1. The molecule has 1 aromatic carbocycles. The van der Waals surface area contributed by atoms with E-state index in [1.54, 1.807) is 12.1 Å². The van der Waals surface area contributed by atoms with E-state index >= 15 is 0 Å². The molecule has 2 heterocycles. The van der Waals surface area contributed by atoms with Gasteiger partial charge in [0, 0.05) is 17.9 Å². The second-order valence-corrected chi connectivity index (χ2v) is 6.27. The second kappa shape index (κ2) is 11.2. The zero-order chi connectivity index (χ0) is 16.8. The molecule has 2 amide bonds. The maximum atomic E-state index is 12.1. The largest absolute Gasteiger partial charge is 0.325 e. The molecule has 1 unspecified atom stereocenters. The Bertz CT molecular complexity index is 616. The van der Waals surface area contributed by atoms with Crippen LogP contribution in [-0.4, -0.2) is 48.9 Å². The van der Waals surface area contributed by atoms with Crippen LogP contribution in [0.3, 0.4) is 0 Å². The Morgan fingerprint density at radius 3 is 2.19 bits per heavy atom. The van der Waals surface area contributed by atoms with Crippen LogP contribution >= 0.6 is 24.8 Å². The summed E-state index contributed by atoms with van der Waals surface area (Å²) in [6.45, 7) is 3.17. The topological polar surface area (TPSA) is 73.5 Å². The number of benzene rings is 1. The third-order valence-corrected chi connectivity index (χ3v) is 4.32. The third kappa shape index (κ3) is 6.61. The zero-order valence-electron chi connectivity index (χ0n) is 14.6. The predicted molar refractivity (Wildman–Crippen MR) is 109 cm³/mol. The van der Waals surface area contributed by atoms with E-state index in [2.05, 4.69) is 20.9 Å². The molecular formula is C18H26Cl2N4O2. The molecule has 2 aliphatic rings. The van der Waals surface area contributed by atoms with E-state index in [9.17, 15) is 9.59 Å². The molecule has 0 bridgehead atoms. The number of halogens is 2. The van der Waals surface area contributed by atoms with Gasteiger partial charge < -0.3 is 10.6 Å². The number of hydrogen-bond donors (Lipinski definition) is 3. The number of piperidine rings is 1. The zero-order valence-corrected chi connectivity index (χ0v) is 16.2. The smallest absolute Gasteiger partial charge is 0.245 e. The summed E-state index contributed by atoms with van der Waals surface area (Å²) in [5, 5.41) is 8.83. The van der Waals surface area contributed by atoms with Crippen molar-refractivity contribution in [2.75, 3.05) is 36.8 Å². The fourth-order valence-electron chi connectivity index (χ4n) is 3.03. The van der Waals surface area contributed by atoms with Crippen molar-refractivity contribution in [3.63, 3.8) is 0 Å². The highest BCUT2D eigenvalue weighted by Gasteiger charge is 2.17. The monoisotopic (exact) mass is 400 g/mol. The number of rotatable bonds is 5. The molecule has 0 saturated carbocycles. The van der Waals surface area contributed by atoms with Crippen molar-refractivity contribution in [1.29, 1.82) is 0 Å². The molecule has 1 aromatic rings. The predicted octanol–water partition coefficient (Wildman–Crippen LogP) is 2.42. The molecule has 0 spiro atoms. The Kier molecular flexibility index (Phi) is 9.65. The molecule has 8 heteroatoms. The summed E-state index contributed by atoms with van der Waals surface area (Å²) >= 11 is 0. The normalized spacial score (nSPS) is 19.2. The summed E-state index contributed by atoms with van der Waals surface area (Å²) in [6.07, 6.45) is 7.40. The lowest BCUT2D eigenvalue weighted by Crippen LogP contribution is -2.36. The quantitative estimate of drug-likeness (QED) is 0.663. The number of nitrogens with zero attached hydrogens (tertiary/aromatic N) is 1. The summed E-state index contributed by atoms with van der Waals surface area (Å²) in [6, 6.07) is 6.94. The molecule has 3 N–H and O–H groups in total. The lowest BCUT2D eigenvalue weighted by molar-refractivity contribution is -0.118. The van der Waals surface area contributed by atoms with Gasteiger partial charge in [0.1, 0.15) is 6.04 Å². The van der Waals surface area contributed by atoms with Crippen LogP contribution in [0.15, 0.2) is 36.4 Å². The van der Waals surface area contributed by atoms with Gasteiger partial charge in [-0.1, -0.05) is 18.6 Å². The first-order chi connectivity index (χ1) is 11.7.